The van der Waals surface area contributed by atoms with Crippen molar-refractivity contribution in [2.24, 2.45) is 0 Å². The molecule has 0 spiro atoms. The predicted octanol–water partition coefficient (Wildman–Crippen LogP) is 3.32. The standard InChI is InChI=1S/C21H18ClN3OS/c22-18-9-6-7-16(13-18)15-26-20-12-5-4-8-17(20)14-23-25-21(27)24-19-10-2-1-3-11-19/h1-14H,15H2,(H2,24,25,27)/p+1. The number of anilines is 1. The Morgan fingerprint density at radius 1 is 1.00 bits per heavy atom. The minimum atomic E-state index is 0.437. The van der Waals surface area contributed by atoms with Crippen LogP contribution in [-0.2, 0) is 6.61 Å². The second kappa shape index (κ2) is 9.71. The summed E-state index contributed by atoms with van der Waals surface area (Å²) < 4.78 is 5.93. The van der Waals surface area contributed by atoms with Gasteiger partial charge in [-0.25, -0.2) is 0 Å². The average Bonchev–Trinajstić information content (AvgIpc) is 2.68. The molecule has 0 aromatic heterocycles. The van der Waals surface area contributed by atoms with Gasteiger partial charge in [0.15, 0.2) is 0 Å². The largest absolute Gasteiger partial charge is 0.488 e. The quantitative estimate of drug-likeness (QED) is 0.340. The zero-order valence-corrected chi connectivity index (χ0v) is 16.1. The summed E-state index contributed by atoms with van der Waals surface area (Å²) in [6.07, 6.45) is 1.80. The van der Waals surface area contributed by atoms with E-state index in [1.54, 1.807) is 6.21 Å². The lowest BCUT2D eigenvalue weighted by molar-refractivity contribution is -0.499. The monoisotopic (exact) mass is 396 g/mol. The molecule has 4 nitrogen and oxygen atoms in total. The summed E-state index contributed by atoms with van der Waals surface area (Å²) >= 11 is 11.3. The zero-order chi connectivity index (χ0) is 18.9. The Morgan fingerprint density at radius 3 is 2.59 bits per heavy atom. The molecular weight excluding hydrogens is 378 g/mol. The van der Waals surface area contributed by atoms with Gasteiger partial charge in [-0.2, -0.15) is 0 Å². The van der Waals surface area contributed by atoms with Gasteiger partial charge in [0.1, 0.15) is 12.4 Å². The highest BCUT2D eigenvalue weighted by Gasteiger charge is 2.05. The number of hydrogen-bond donors (Lipinski definition) is 3. The molecule has 0 heterocycles. The number of benzene rings is 3. The predicted molar refractivity (Wildman–Crippen MR) is 114 cm³/mol. The Hall–Kier alpha value is -2.89. The van der Waals surface area contributed by atoms with Crippen LogP contribution in [0.5, 0.6) is 5.75 Å². The molecule has 0 fully saturated rings. The van der Waals surface area contributed by atoms with E-state index in [1.165, 1.54) is 0 Å². The van der Waals surface area contributed by atoms with Crippen LogP contribution < -0.4 is 20.6 Å². The topological polar surface area (TPSA) is 47.3 Å². The molecule has 0 saturated carbocycles. The van der Waals surface area contributed by atoms with E-state index in [0.717, 1.165) is 22.6 Å². The van der Waals surface area contributed by atoms with Crippen molar-refractivity contribution < 1.29 is 9.84 Å². The number of para-hydroxylation sites is 2. The van der Waals surface area contributed by atoms with Gasteiger partial charge in [-0.3, -0.25) is 0 Å². The minimum Gasteiger partial charge on any atom is -0.488 e. The number of rotatable bonds is 6. The van der Waals surface area contributed by atoms with Crippen LogP contribution in [0.3, 0.4) is 0 Å². The van der Waals surface area contributed by atoms with Gasteiger partial charge in [0.25, 0.3) is 0 Å². The number of hydrogen-bond acceptors (Lipinski definition) is 2. The molecule has 0 unspecified atom stereocenters. The second-order valence-corrected chi connectivity index (χ2v) is 6.53. The van der Waals surface area contributed by atoms with Crippen LogP contribution in [0.4, 0.5) is 5.69 Å². The van der Waals surface area contributed by atoms with Crippen LogP contribution in [0.15, 0.2) is 78.9 Å². The van der Waals surface area contributed by atoms with E-state index in [1.807, 2.05) is 78.9 Å². The molecule has 0 bridgehead atoms. The molecule has 0 amide bonds. The fourth-order valence-electron chi connectivity index (χ4n) is 2.38. The van der Waals surface area contributed by atoms with Crippen molar-refractivity contribution in [3.8, 4) is 5.75 Å². The Balaban J connectivity index is 1.58. The van der Waals surface area contributed by atoms with E-state index in [2.05, 4.69) is 15.8 Å². The minimum absolute atomic E-state index is 0.437. The number of hydrazone groups is 1. The van der Waals surface area contributed by atoms with Gasteiger partial charge in [0.2, 0.25) is 11.3 Å². The fraction of sp³-hybridized carbons (Fsp3) is 0.0476. The molecule has 0 atom stereocenters. The summed E-state index contributed by atoms with van der Waals surface area (Å²) in [7, 11) is 0. The van der Waals surface area contributed by atoms with Gasteiger partial charge >= 0.3 is 0 Å². The maximum atomic E-state index is 6.02. The summed E-state index contributed by atoms with van der Waals surface area (Å²) in [5.74, 6) is 0.758. The number of thiocarbonyl (C=S) groups is 1. The molecule has 3 aromatic rings. The van der Waals surface area contributed by atoms with Crippen molar-refractivity contribution in [3.05, 3.63) is 95.0 Å². The molecule has 6 heteroatoms. The molecule has 3 N–H and O–H groups in total. The lowest BCUT2D eigenvalue weighted by atomic mass is 10.2. The summed E-state index contributed by atoms with van der Waals surface area (Å²) in [6.45, 7) is 0.437. The molecule has 3 rings (SSSR count). The molecule has 3 aromatic carbocycles. The summed E-state index contributed by atoms with van der Waals surface area (Å²) in [4.78, 5) is 0. The maximum Gasteiger partial charge on any atom is 0.228 e. The third-order valence-corrected chi connectivity index (χ3v) is 4.09. The molecule has 0 saturated heterocycles. The summed E-state index contributed by atoms with van der Waals surface area (Å²) in [5.41, 5.74) is 5.76. The Kier molecular flexibility index (Phi) is 6.79. The first kappa shape index (κ1) is 18.9. The molecule has 136 valence electrons. The number of nitrogens with one attached hydrogen (secondary N) is 3. The summed E-state index contributed by atoms with van der Waals surface area (Å²) in [5, 5.41) is 7.24. The molecule has 0 radical (unpaired) electrons. The molecule has 0 aliphatic rings. The highest BCUT2D eigenvalue weighted by molar-refractivity contribution is 7.80. The van der Waals surface area contributed by atoms with E-state index in [9.17, 15) is 0 Å². The van der Waals surface area contributed by atoms with E-state index >= 15 is 0 Å². The Morgan fingerprint density at radius 2 is 1.78 bits per heavy atom. The van der Waals surface area contributed by atoms with Gasteiger partial charge in [0.05, 0.1) is 5.56 Å². The van der Waals surface area contributed by atoms with Crippen molar-refractivity contribution in [2.75, 3.05) is 5.32 Å². The van der Waals surface area contributed by atoms with Crippen LogP contribution in [-0.4, -0.2) is 11.3 Å². The first-order valence-corrected chi connectivity index (χ1v) is 9.16. The lowest BCUT2D eigenvalue weighted by Crippen LogP contribution is -2.82. The van der Waals surface area contributed by atoms with Crippen molar-refractivity contribution >= 4 is 40.8 Å². The van der Waals surface area contributed by atoms with Crippen molar-refractivity contribution in [2.45, 2.75) is 6.61 Å². The normalized spacial score (nSPS) is 10.6. The van der Waals surface area contributed by atoms with Crippen molar-refractivity contribution in [1.82, 2.24) is 5.43 Å². The van der Waals surface area contributed by atoms with Crippen LogP contribution >= 0.6 is 23.8 Å². The Bertz CT molecular complexity index is 931. The van der Waals surface area contributed by atoms with Crippen molar-refractivity contribution in [1.29, 1.82) is 0 Å². The van der Waals surface area contributed by atoms with Crippen LogP contribution in [0, 0.1) is 0 Å². The fourth-order valence-corrected chi connectivity index (χ4v) is 2.77. The van der Waals surface area contributed by atoms with E-state index in [4.69, 9.17) is 28.6 Å². The third kappa shape index (κ3) is 6.09. The number of halogens is 1. The SMILES string of the molecule is S=C(N[NH+]=Cc1ccccc1OCc1cccc(Cl)c1)Nc1ccccc1. The van der Waals surface area contributed by atoms with E-state index in [-0.39, 0.29) is 0 Å². The van der Waals surface area contributed by atoms with Gasteiger partial charge in [-0.15, -0.1) is 10.5 Å². The molecular formula is C21H19ClN3OS+. The van der Waals surface area contributed by atoms with E-state index < -0.39 is 0 Å². The smallest absolute Gasteiger partial charge is 0.228 e. The molecule has 27 heavy (non-hydrogen) atoms. The van der Waals surface area contributed by atoms with E-state index in [0.29, 0.717) is 16.7 Å². The molecule has 0 aliphatic heterocycles. The Labute approximate surface area is 168 Å². The highest BCUT2D eigenvalue weighted by atomic mass is 35.5. The number of ether oxygens (including phenoxy) is 1. The lowest BCUT2D eigenvalue weighted by Gasteiger charge is -2.08. The average molecular weight is 397 g/mol. The van der Waals surface area contributed by atoms with Crippen LogP contribution in [0.2, 0.25) is 5.02 Å². The zero-order valence-electron chi connectivity index (χ0n) is 14.5. The van der Waals surface area contributed by atoms with Crippen molar-refractivity contribution in [3.63, 3.8) is 0 Å². The first-order valence-electron chi connectivity index (χ1n) is 8.38. The number of hydrazine groups is 1. The van der Waals surface area contributed by atoms with Gasteiger partial charge in [-0.1, -0.05) is 54.1 Å². The van der Waals surface area contributed by atoms with Crippen LogP contribution in [0.25, 0.3) is 0 Å². The summed E-state index contributed by atoms with van der Waals surface area (Å²) in [6, 6.07) is 25.1. The maximum absolute atomic E-state index is 6.02. The second-order valence-electron chi connectivity index (χ2n) is 5.69. The first-order chi connectivity index (χ1) is 13.2. The van der Waals surface area contributed by atoms with Gasteiger partial charge < -0.3 is 10.1 Å². The third-order valence-electron chi connectivity index (χ3n) is 3.65. The van der Waals surface area contributed by atoms with Gasteiger partial charge in [0, 0.05) is 10.7 Å². The van der Waals surface area contributed by atoms with Gasteiger partial charge in [-0.05, 0) is 54.2 Å². The molecule has 0 aliphatic carbocycles. The highest BCUT2D eigenvalue weighted by Crippen LogP contribution is 2.18. The van der Waals surface area contributed by atoms with Crippen LogP contribution in [0.1, 0.15) is 11.1 Å².